The van der Waals surface area contributed by atoms with E-state index >= 15 is 0 Å². The van der Waals surface area contributed by atoms with Gasteiger partial charge in [0.2, 0.25) is 0 Å². The molecule has 0 saturated carbocycles. The van der Waals surface area contributed by atoms with Gasteiger partial charge in [-0.15, -0.1) is 0 Å². The smallest absolute Gasteiger partial charge is 0.311 e. The molecular formula is C45H82N2O14. The lowest BCUT2D eigenvalue weighted by Gasteiger charge is -2.50. The van der Waals surface area contributed by atoms with E-state index in [1.807, 2.05) is 34.9 Å². The molecule has 0 spiro atoms. The summed E-state index contributed by atoms with van der Waals surface area (Å²) in [6.07, 6.45) is -6.82. The Kier molecular flexibility index (Phi) is 19.0. The van der Waals surface area contributed by atoms with E-state index in [0.717, 1.165) is 39.3 Å². The Bertz CT molecular complexity index is 1380. The lowest BCUT2D eigenvalue weighted by atomic mass is 9.74. The minimum atomic E-state index is -1.96. The molecule has 0 amide bonds. The second kappa shape index (κ2) is 22.2. The number of Topliss-reactive ketones (excluding diaryl/α,β-unsaturated/α-hetero) is 1. The summed E-state index contributed by atoms with van der Waals surface area (Å²) in [6.45, 7) is 22.1. The van der Waals surface area contributed by atoms with Crippen LogP contribution in [0.15, 0.2) is 0 Å². The van der Waals surface area contributed by atoms with Crippen molar-refractivity contribution in [1.82, 2.24) is 9.80 Å². The van der Waals surface area contributed by atoms with Crippen molar-refractivity contribution in [3.05, 3.63) is 0 Å². The van der Waals surface area contributed by atoms with E-state index in [-0.39, 0.29) is 37.2 Å². The molecule has 0 aromatic rings. The number of esters is 1. The number of hydrogen-bond donors (Lipinski definition) is 3. The van der Waals surface area contributed by atoms with Crippen LogP contribution in [0.4, 0.5) is 0 Å². The van der Waals surface area contributed by atoms with Crippen molar-refractivity contribution < 1.29 is 67.5 Å². The van der Waals surface area contributed by atoms with Gasteiger partial charge in [0.15, 0.2) is 12.6 Å². The molecule has 4 saturated heterocycles. The maximum atomic E-state index is 14.4. The quantitative estimate of drug-likeness (QED) is 0.181. The van der Waals surface area contributed by atoms with Crippen LogP contribution in [0.1, 0.15) is 101 Å². The number of carbonyl (C=O) groups is 2. The zero-order chi connectivity index (χ0) is 45.6. The van der Waals surface area contributed by atoms with Gasteiger partial charge in [-0.2, -0.15) is 0 Å². The predicted molar refractivity (Wildman–Crippen MR) is 227 cm³/mol. The molecule has 18 atom stereocenters. The topological polar surface area (TPSA) is 184 Å². The molecule has 3 N–H and O–H groups in total. The number of rotatable bonds is 13. The number of cyclic esters (lactones) is 1. The van der Waals surface area contributed by atoms with Crippen molar-refractivity contribution in [3.63, 3.8) is 0 Å². The highest BCUT2D eigenvalue weighted by atomic mass is 16.7. The summed E-state index contributed by atoms with van der Waals surface area (Å²) < 4.78 is 57.7. The zero-order valence-electron chi connectivity index (χ0n) is 39.7. The third-order valence-corrected chi connectivity index (χ3v) is 14.3. The highest BCUT2D eigenvalue weighted by molar-refractivity contribution is 5.83. The number of methoxy groups -OCH3 is 2. The van der Waals surface area contributed by atoms with E-state index in [9.17, 15) is 24.9 Å². The summed E-state index contributed by atoms with van der Waals surface area (Å²) >= 11 is 0. The fourth-order valence-corrected chi connectivity index (χ4v) is 10.1. The standard InChI is InChI=1S/C45H82N2O14/c1-15-33-45(10,52)38(49)28(4)35(48)26(2)24-44(9,54-14)40(29(5)36(30(6)41(51)59-33)60-34-25-43(8,53-13)39(50)31(7)58-34)61-42-37(32(46(11)12)23-27(3)57-42)56-20-16-17-47-18-21-55-22-19-47/h26-34,36-40,42,49-50,52H,15-25H2,1-14H3/t26-,27-,28+,29+,30-,31+,32+,33-,34+,36+,37-,38-,39+,40-,42+,43-,44+,45-/m1/s1. The Morgan fingerprint density at radius 3 is 2.08 bits per heavy atom. The molecule has 0 aliphatic carbocycles. The van der Waals surface area contributed by atoms with E-state index in [1.54, 1.807) is 48.7 Å². The molecule has 0 aromatic carbocycles. The average molecular weight is 875 g/mol. The van der Waals surface area contributed by atoms with Gasteiger partial charge in [-0.1, -0.05) is 27.7 Å². The normalized spacial score (nSPS) is 45.4. The van der Waals surface area contributed by atoms with E-state index in [2.05, 4.69) is 9.80 Å². The molecule has 356 valence electrons. The van der Waals surface area contributed by atoms with Gasteiger partial charge >= 0.3 is 5.97 Å². The molecule has 61 heavy (non-hydrogen) atoms. The molecule has 4 heterocycles. The van der Waals surface area contributed by atoms with Crippen LogP contribution in [0.5, 0.6) is 0 Å². The van der Waals surface area contributed by atoms with Gasteiger partial charge in [0.1, 0.15) is 29.7 Å². The second-order valence-corrected chi connectivity index (χ2v) is 19.3. The first-order chi connectivity index (χ1) is 28.5. The number of carbonyl (C=O) groups excluding carboxylic acids is 2. The Morgan fingerprint density at radius 1 is 0.852 bits per heavy atom. The van der Waals surface area contributed by atoms with Gasteiger partial charge in [0.25, 0.3) is 0 Å². The van der Waals surface area contributed by atoms with Gasteiger partial charge < -0.3 is 62.9 Å². The molecule has 0 bridgehead atoms. The van der Waals surface area contributed by atoms with Crippen LogP contribution < -0.4 is 0 Å². The van der Waals surface area contributed by atoms with Crippen LogP contribution in [-0.4, -0.2) is 189 Å². The molecule has 4 fully saturated rings. The number of morpholine rings is 1. The molecular weight excluding hydrogens is 792 g/mol. The zero-order valence-corrected chi connectivity index (χ0v) is 39.7. The first kappa shape index (κ1) is 52.2. The Morgan fingerprint density at radius 2 is 1.49 bits per heavy atom. The summed E-state index contributed by atoms with van der Waals surface area (Å²) in [5, 5.41) is 34.4. The summed E-state index contributed by atoms with van der Waals surface area (Å²) in [4.78, 5) is 33.2. The predicted octanol–water partition coefficient (Wildman–Crippen LogP) is 3.19. The summed E-state index contributed by atoms with van der Waals surface area (Å²) in [7, 11) is 7.13. The molecule has 16 nitrogen and oxygen atoms in total. The minimum Gasteiger partial charge on any atom is -0.459 e. The van der Waals surface area contributed by atoms with Crippen LogP contribution in [0, 0.1) is 23.7 Å². The van der Waals surface area contributed by atoms with E-state index < -0.39 is 102 Å². The number of ketones is 1. The van der Waals surface area contributed by atoms with Gasteiger partial charge in [-0.25, -0.2) is 0 Å². The number of ether oxygens (including phenoxy) is 9. The average Bonchev–Trinajstić information content (AvgIpc) is 3.23. The van der Waals surface area contributed by atoms with E-state index in [0.29, 0.717) is 13.0 Å². The maximum absolute atomic E-state index is 14.4. The van der Waals surface area contributed by atoms with Crippen molar-refractivity contribution in [3.8, 4) is 0 Å². The van der Waals surface area contributed by atoms with Crippen LogP contribution in [0.3, 0.4) is 0 Å². The SMILES string of the molecule is CC[C@H]1OC(=O)[C@H](C)[C@@H](O[C@H]2C[C@@](C)(OC)[C@@H](O)[C@H](C)O2)[C@H](C)[C@@H](O[C@@H]2O[C@H](C)C[C@H](N(C)C)[C@H]2OCCCN2CCOCC2)[C@@](C)(OC)C[C@@H](C)C(=O)[C@H](C)[C@@H](O)[C@]1(C)O. The van der Waals surface area contributed by atoms with Crippen molar-refractivity contribution >= 4 is 11.8 Å². The van der Waals surface area contributed by atoms with Crippen LogP contribution in [0.2, 0.25) is 0 Å². The number of hydrogen-bond acceptors (Lipinski definition) is 16. The van der Waals surface area contributed by atoms with Crippen LogP contribution in [0.25, 0.3) is 0 Å². The van der Waals surface area contributed by atoms with Gasteiger partial charge in [0.05, 0.1) is 60.9 Å². The highest BCUT2D eigenvalue weighted by Gasteiger charge is 2.54. The van der Waals surface area contributed by atoms with Gasteiger partial charge in [0, 0.05) is 70.7 Å². The van der Waals surface area contributed by atoms with Crippen LogP contribution >= 0.6 is 0 Å². The van der Waals surface area contributed by atoms with Crippen molar-refractivity contribution in [2.75, 3.05) is 67.8 Å². The summed E-state index contributed by atoms with van der Waals surface area (Å²) in [6, 6.07) is -0.0717. The number of nitrogens with zero attached hydrogens (tertiary/aromatic N) is 2. The Labute approximate surface area is 365 Å². The fourth-order valence-electron chi connectivity index (χ4n) is 10.1. The molecule has 4 rings (SSSR count). The number of likely N-dealkylation sites (N-methyl/N-ethyl adjacent to an activating group) is 1. The van der Waals surface area contributed by atoms with E-state index in [4.69, 9.17) is 42.6 Å². The van der Waals surface area contributed by atoms with Crippen molar-refractivity contribution in [2.24, 2.45) is 23.7 Å². The first-order valence-electron chi connectivity index (χ1n) is 22.7. The first-order valence-corrected chi connectivity index (χ1v) is 22.7. The second-order valence-electron chi connectivity index (χ2n) is 19.3. The Balaban J connectivity index is 1.82. The van der Waals surface area contributed by atoms with Crippen molar-refractivity contribution in [2.45, 2.75) is 186 Å². The lowest BCUT2D eigenvalue weighted by molar-refractivity contribution is -0.322. The maximum Gasteiger partial charge on any atom is 0.311 e. The number of aliphatic hydroxyl groups excluding tert-OH is 2. The monoisotopic (exact) mass is 875 g/mol. The molecule has 0 aromatic heterocycles. The summed E-state index contributed by atoms with van der Waals surface area (Å²) in [5.74, 6) is -4.33. The molecule has 4 aliphatic heterocycles. The highest BCUT2D eigenvalue weighted by Crippen LogP contribution is 2.42. The van der Waals surface area contributed by atoms with Gasteiger partial charge in [-0.3, -0.25) is 14.5 Å². The Hall–Kier alpha value is -1.38. The molecule has 0 unspecified atom stereocenters. The third kappa shape index (κ3) is 12.3. The third-order valence-electron chi connectivity index (χ3n) is 14.3. The van der Waals surface area contributed by atoms with Crippen LogP contribution in [-0.2, 0) is 52.2 Å². The number of aliphatic hydroxyl groups is 3. The lowest BCUT2D eigenvalue weighted by Crippen LogP contribution is -2.62. The molecule has 0 radical (unpaired) electrons. The largest absolute Gasteiger partial charge is 0.459 e. The van der Waals surface area contributed by atoms with Crippen molar-refractivity contribution in [1.29, 1.82) is 0 Å². The van der Waals surface area contributed by atoms with Gasteiger partial charge in [-0.05, 0) is 81.3 Å². The minimum absolute atomic E-state index is 0.0717. The fraction of sp³-hybridized carbons (Fsp3) is 0.956. The molecule has 16 heteroatoms. The van der Waals surface area contributed by atoms with E-state index in [1.165, 1.54) is 14.0 Å². The molecule has 4 aliphatic rings. The summed E-state index contributed by atoms with van der Waals surface area (Å²) in [5.41, 5.74) is -4.21.